The molecule has 27 heavy (non-hydrogen) atoms. The quantitative estimate of drug-likeness (QED) is 0.731. The summed E-state index contributed by atoms with van der Waals surface area (Å²) in [6.07, 6.45) is 3.66. The highest BCUT2D eigenvalue weighted by Gasteiger charge is 2.17. The SMILES string of the molecule is Cc1nccc(N2CCN(CCNc3ccnc4cc(Cl)ccc34)CC2)n1. The summed E-state index contributed by atoms with van der Waals surface area (Å²) in [7, 11) is 0. The number of hydrogen-bond acceptors (Lipinski definition) is 6. The van der Waals surface area contributed by atoms with E-state index in [4.69, 9.17) is 11.6 Å². The Kier molecular flexibility index (Phi) is 5.36. The first kappa shape index (κ1) is 17.9. The minimum Gasteiger partial charge on any atom is -0.383 e. The molecule has 1 aliphatic heterocycles. The van der Waals surface area contributed by atoms with Crippen molar-refractivity contribution in [2.75, 3.05) is 49.5 Å². The van der Waals surface area contributed by atoms with E-state index in [9.17, 15) is 0 Å². The van der Waals surface area contributed by atoms with Crippen LogP contribution in [0.2, 0.25) is 5.02 Å². The van der Waals surface area contributed by atoms with Gasteiger partial charge in [-0.05, 0) is 37.3 Å². The highest BCUT2D eigenvalue weighted by molar-refractivity contribution is 6.31. The van der Waals surface area contributed by atoms with Crippen molar-refractivity contribution >= 4 is 34.0 Å². The zero-order chi connectivity index (χ0) is 18.6. The molecule has 140 valence electrons. The molecule has 0 radical (unpaired) electrons. The smallest absolute Gasteiger partial charge is 0.132 e. The summed E-state index contributed by atoms with van der Waals surface area (Å²) in [5, 5.41) is 5.36. The molecule has 0 aliphatic carbocycles. The van der Waals surface area contributed by atoms with E-state index >= 15 is 0 Å². The van der Waals surface area contributed by atoms with Crippen LogP contribution in [0.3, 0.4) is 0 Å². The number of anilines is 2. The van der Waals surface area contributed by atoms with Gasteiger partial charge in [0, 0.05) is 67.8 Å². The molecule has 1 N–H and O–H groups in total. The van der Waals surface area contributed by atoms with Crippen molar-refractivity contribution in [3.05, 3.63) is 53.6 Å². The number of halogens is 1. The molecule has 0 amide bonds. The highest BCUT2D eigenvalue weighted by Crippen LogP contribution is 2.24. The predicted octanol–water partition coefficient (Wildman–Crippen LogP) is 3.22. The minimum atomic E-state index is 0.712. The van der Waals surface area contributed by atoms with Crippen molar-refractivity contribution in [3.8, 4) is 0 Å². The molecule has 7 heteroatoms. The summed E-state index contributed by atoms with van der Waals surface area (Å²) >= 11 is 6.06. The molecule has 6 nitrogen and oxygen atoms in total. The lowest BCUT2D eigenvalue weighted by Crippen LogP contribution is -2.48. The highest BCUT2D eigenvalue weighted by atomic mass is 35.5. The van der Waals surface area contributed by atoms with Crippen LogP contribution in [0.25, 0.3) is 10.9 Å². The average molecular weight is 383 g/mol. The third kappa shape index (κ3) is 4.28. The summed E-state index contributed by atoms with van der Waals surface area (Å²) in [5.41, 5.74) is 2.02. The van der Waals surface area contributed by atoms with Gasteiger partial charge in [0.25, 0.3) is 0 Å². The summed E-state index contributed by atoms with van der Waals surface area (Å²) in [6, 6.07) is 9.84. The number of hydrogen-bond donors (Lipinski definition) is 1. The number of nitrogens with zero attached hydrogens (tertiary/aromatic N) is 5. The number of benzene rings is 1. The predicted molar refractivity (Wildman–Crippen MR) is 111 cm³/mol. The molecule has 0 spiro atoms. The molecule has 1 saturated heterocycles. The fourth-order valence-electron chi connectivity index (χ4n) is 3.44. The van der Waals surface area contributed by atoms with Crippen LogP contribution in [0.4, 0.5) is 11.5 Å². The van der Waals surface area contributed by atoms with E-state index in [0.717, 1.165) is 67.5 Å². The van der Waals surface area contributed by atoms with Crippen molar-refractivity contribution in [2.45, 2.75) is 6.92 Å². The Morgan fingerprint density at radius 3 is 2.67 bits per heavy atom. The number of fused-ring (bicyclic) bond motifs is 1. The zero-order valence-corrected chi connectivity index (χ0v) is 16.2. The second kappa shape index (κ2) is 8.06. The number of piperazine rings is 1. The average Bonchev–Trinajstić information content (AvgIpc) is 2.68. The molecule has 0 unspecified atom stereocenters. The molecule has 1 aliphatic rings. The first-order valence-corrected chi connectivity index (χ1v) is 9.62. The van der Waals surface area contributed by atoms with Gasteiger partial charge >= 0.3 is 0 Å². The molecule has 0 atom stereocenters. The fraction of sp³-hybridized carbons (Fsp3) is 0.350. The summed E-state index contributed by atoms with van der Waals surface area (Å²) < 4.78 is 0. The number of aromatic nitrogens is 3. The molecule has 0 bridgehead atoms. The maximum atomic E-state index is 6.06. The standard InChI is InChI=1S/C20H23ClN6/c1-15-22-7-5-20(25-15)27-12-10-26(11-13-27)9-8-24-18-4-6-23-19-14-16(21)2-3-17(18)19/h2-7,14H,8-13H2,1H3,(H,23,24). The van der Waals surface area contributed by atoms with Crippen molar-refractivity contribution < 1.29 is 0 Å². The van der Waals surface area contributed by atoms with Crippen molar-refractivity contribution in [1.82, 2.24) is 19.9 Å². The molecule has 3 aromatic rings. The van der Waals surface area contributed by atoms with Crippen LogP contribution in [0.5, 0.6) is 0 Å². The Hall–Kier alpha value is -2.44. The fourth-order valence-corrected chi connectivity index (χ4v) is 3.61. The van der Waals surface area contributed by atoms with Crippen LogP contribution in [0, 0.1) is 6.92 Å². The molecule has 3 heterocycles. The summed E-state index contributed by atoms with van der Waals surface area (Å²) in [6.45, 7) is 7.90. The summed E-state index contributed by atoms with van der Waals surface area (Å²) in [4.78, 5) is 17.9. The number of pyridine rings is 1. The van der Waals surface area contributed by atoms with Crippen LogP contribution in [-0.2, 0) is 0 Å². The second-order valence-corrected chi connectivity index (χ2v) is 7.17. The van der Waals surface area contributed by atoms with Gasteiger partial charge in [-0.15, -0.1) is 0 Å². The van der Waals surface area contributed by atoms with Gasteiger partial charge in [0.05, 0.1) is 5.52 Å². The van der Waals surface area contributed by atoms with Crippen LogP contribution >= 0.6 is 11.6 Å². The summed E-state index contributed by atoms with van der Waals surface area (Å²) in [5.74, 6) is 1.85. The first-order valence-electron chi connectivity index (χ1n) is 9.24. The van der Waals surface area contributed by atoms with E-state index in [0.29, 0.717) is 5.02 Å². The first-order chi connectivity index (χ1) is 13.2. The van der Waals surface area contributed by atoms with Gasteiger partial charge in [-0.25, -0.2) is 9.97 Å². The van der Waals surface area contributed by atoms with Gasteiger partial charge in [-0.3, -0.25) is 9.88 Å². The van der Waals surface area contributed by atoms with Crippen molar-refractivity contribution in [2.24, 2.45) is 0 Å². The van der Waals surface area contributed by atoms with Gasteiger partial charge in [0.1, 0.15) is 11.6 Å². The second-order valence-electron chi connectivity index (χ2n) is 6.74. The Bertz CT molecular complexity index is 923. The van der Waals surface area contributed by atoms with Gasteiger partial charge in [0.15, 0.2) is 0 Å². The largest absolute Gasteiger partial charge is 0.383 e. The number of nitrogens with one attached hydrogen (secondary N) is 1. The van der Waals surface area contributed by atoms with Crippen LogP contribution in [-0.4, -0.2) is 59.1 Å². The Labute approximate surface area is 164 Å². The topological polar surface area (TPSA) is 57.2 Å². The maximum absolute atomic E-state index is 6.06. The monoisotopic (exact) mass is 382 g/mol. The third-order valence-corrected chi connectivity index (χ3v) is 5.14. The van der Waals surface area contributed by atoms with Gasteiger partial charge < -0.3 is 10.2 Å². The van der Waals surface area contributed by atoms with Crippen molar-refractivity contribution in [3.63, 3.8) is 0 Å². The Morgan fingerprint density at radius 2 is 1.85 bits per heavy atom. The third-order valence-electron chi connectivity index (χ3n) is 4.91. The van der Waals surface area contributed by atoms with E-state index in [1.807, 2.05) is 49.6 Å². The molecule has 0 saturated carbocycles. The molecule has 1 aromatic carbocycles. The van der Waals surface area contributed by atoms with Crippen molar-refractivity contribution in [1.29, 1.82) is 0 Å². The normalized spacial score (nSPS) is 15.3. The van der Waals surface area contributed by atoms with E-state index in [2.05, 4.69) is 30.1 Å². The lowest BCUT2D eigenvalue weighted by Gasteiger charge is -2.35. The molecule has 2 aromatic heterocycles. The van der Waals surface area contributed by atoms with E-state index < -0.39 is 0 Å². The Morgan fingerprint density at radius 1 is 1.04 bits per heavy atom. The minimum absolute atomic E-state index is 0.712. The molecular formula is C20H23ClN6. The lowest BCUT2D eigenvalue weighted by molar-refractivity contribution is 0.266. The van der Waals surface area contributed by atoms with Gasteiger partial charge in [-0.1, -0.05) is 11.6 Å². The lowest BCUT2D eigenvalue weighted by atomic mass is 10.2. The maximum Gasteiger partial charge on any atom is 0.132 e. The van der Waals surface area contributed by atoms with Crippen LogP contribution in [0.1, 0.15) is 5.82 Å². The molecular weight excluding hydrogens is 360 g/mol. The van der Waals surface area contributed by atoms with Crippen LogP contribution < -0.4 is 10.2 Å². The van der Waals surface area contributed by atoms with Gasteiger partial charge in [-0.2, -0.15) is 0 Å². The molecule has 4 rings (SSSR count). The van der Waals surface area contributed by atoms with E-state index in [1.54, 1.807) is 0 Å². The number of rotatable bonds is 5. The zero-order valence-electron chi connectivity index (χ0n) is 15.4. The molecule has 1 fully saturated rings. The van der Waals surface area contributed by atoms with E-state index in [-0.39, 0.29) is 0 Å². The Balaban J connectivity index is 1.30. The van der Waals surface area contributed by atoms with Gasteiger partial charge in [0.2, 0.25) is 0 Å². The number of aryl methyl sites for hydroxylation is 1. The van der Waals surface area contributed by atoms with E-state index in [1.165, 1.54) is 0 Å². The van der Waals surface area contributed by atoms with Crippen LogP contribution in [0.15, 0.2) is 42.7 Å².